The largest absolute Gasteiger partial charge is 0.309 e. The molecule has 13 rings (SSSR count). The molecule has 0 N–H and O–H groups in total. The molecule has 0 atom stereocenters. The van der Waals surface area contributed by atoms with Crippen LogP contribution in [-0.4, -0.2) is 9.13 Å². The summed E-state index contributed by atoms with van der Waals surface area (Å²) in [5, 5.41) is 5.16. The fraction of sp³-hybridized carbons (Fsp3) is 0.0690. The van der Waals surface area contributed by atoms with Crippen LogP contribution in [0.1, 0.15) is 47.2 Å². The Bertz CT molecular complexity index is 3510. The predicted octanol–water partition coefficient (Wildman–Crippen LogP) is 14.6. The summed E-state index contributed by atoms with van der Waals surface area (Å²) in [7, 11) is 0. The van der Waals surface area contributed by atoms with E-state index in [9.17, 15) is 0 Å². The Morgan fingerprint density at radius 2 is 0.867 bits per heavy atom. The monoisotopic (exact) mass is 764 g/mol. The molecule has 0 saturated carbocycles. The van der Waals surface area contributed by atoms with Crippen LogP contribution in [-0.2, 0) is 10.8 Å². The van der Waals surface area contributed by atoms with E-state index in [0.29, 0.717) is 0 Å². The third-order valence-electron chi connectivity index (χ3n) is 13.9. The molecular formula is C58H40N2. The summed E-state index contributed by atoms with van der Waals surface area (Å²) in [6, 6.07) is 76.9. The first-order chi connectivity index (χ1) is 29.6. The second-order valence-corrected chi connectivity index (χ2v) is 17.2. The molecule has 2 nitrogen and oxygen atoms in total. The molecule has 0 aliphatic heterocycles. The van der Waals surface area contributed by atoms with Crippen LogP contribution in [0, 0.1) is 0 Å². The van der Waals surface area contributed by atoms with Crippen LogP contribution in [0.5, 0.6) is 0 Å². The minimum Gasteiger partial charge on any atom is -0.309 e. The highest BCUT2D eigenvalue weighted by Gasteiger charge is 2.47. The van der Waals surface area contributed by atoms with Gasteiger partial charge in [0.1, 0.15) is 0 Å². The number of hydrogen-bond donors (Lipinski definition) is 0. The molecule has 0 bridgehead atoms. The highest BCUT2D eigenvalue weighted by Crippen LogP contribution is 2.60. The van der Waals surface area contributed by atoms with E-state index in [4.69, 9.17) is 0 Å². The van der Waals surface area contributed by atoms with Crippen LogP contribution in [0.3, 0.4) is 0 Å². The van der Waals surface area contributed by atoms with E-state index >= 15 is 0 Å². The van der Waals surface area contributed by atoms with Gasteiger partial charge in [0.25, 0.3) is 0 Å². The summed E-state index contributed by atoms with van der Waals surface area (Å²) in [4.78, 5) is 0. The minimum absolute atomic E-state index is 0.249. The standard InChI is InChI=1S/C58H40N2/c1-57(2)46-30-16-13-27-43(46)51-54(57)52-44-28-14-18-32-49(44)60(56(52)53-45-29-15-19-33-50(45)59(55(51)53)39-24-10-5-11-25-39)40-34-35-42-41-26-12-17-31-47(41)58(48(42)36-40,37-20-6-3-7-21-37)38-22-8-4-9-23-38/h3-36H,1-2H3. The van der Waals surface area contributed by atoms with Crippen LogP contribution in [0.25, 0.3) is 77.2 Å². The zero-order valence-corrected chi connectivity index (χ0v) is 33.5. The maximum atomic E-state index is 2.61. The minimum atomic E-state index is -0.507. The average molecular weight is 765 g/mol. The lowest BCUT2D eigenvalue weighted by Crippen LogP contribution is -2.28. The molecule has 0 amide bonds. The molecule has 2 heteroatoms. The third kappa shape index (κ3) is 4.13. The Morgan fingerprint density at radius 3 is 1.53 bits per heavy atom. The van der Waals surface area contributed by atoms with Crippen molar-refractivity contribution in [2.24, 2.45) is 0 Å². The summed E-state index contributed by atoms with van der Waals surface area (Å²) in [6.45, 7) is 4.87. The molecule has 0 saturated heterocycles. The highest BCUT2D eigenvalue weighted by molar-refractivity contribution is 6.31. The van der Waals surface area contributed by atoms with E-state index in [-0.39, 0.29) is 5.41 Å². The van der Waals surface area contributed by atoms with Crippen LogP contribution in [0.4, 0.5) is 0 Å². The SMILES string of the molecule is CC1(C)c2ccccc2-c2c1c1c3ccccc3n(-c3ccc4c(c3)C(c3ccccc3)(c3ccccc3)c3ccccc3-4)c1c1c3ccccc3n(-c3ccccc3)c21. The molecule has 282 valence electrons. The van der Waals surface area contributed by atoms with Crippen molar-refractivity contribution in [1.29, 1.82) is 0 Å². The number of fused-ring (bicyclic) bond motifs is 15. The molecule has 0 fully saturated rings. The van der Waals surface area contributed by atoms with Gasteiger partial charge in [0.15, 0.2) is 0 Å². The molecule has 2 aliphatic rings. The number of aromatic nitrogens is 2. The predicted molar refractivity (Wildman–Crippen MR) is 250 cm³/mol. The lowest BCUT2D eigenvalue weighted by Gasteiger charge is -2.34. The topological polar surface area (TPSA) is 9.86 Å². The van der Waals surface area contributed by atoms with E-state index in [1.807, 2.05) is 0 Å². The molecule has 9 aromatic carbocycles. The smallest absolute Gasteiger partial charge is 0.0714 e. The molecular weight excluding hydrogens is 725 g/mol. The second-order valence-electron chi connectivity index (χ2n) is 17.2. The fourth-order valence-electron chi connectivity index (χ4n) is 11.6. The first-order valence-electron chi connectivity index (χ1n) is 21.1. The van der Waals surface area contributed by atoms with E-state index in [1.54, 1.807) is 0 Å². The third-order valence-corrected chi connectivity index (χ3v) is 13.9. The van der Waals surface area contributed by atoms with Crippen molar-refractivity contribution in [2.45, 2.75) is 24.7 Å². The summed E-state index contributed by atoms with van der Waals surface area (Å²) < 4.78 is 5.15. The Kier molecular flexibility index (Phi) is 6.74. The Labute approximate surface area is 349 Å². The number of nitrogens with zero attached hydrogens (tertiary/aromatic N) is 2. The van der Waals surface area contributed by atoms with E-state index in [1.165, 1.54) is 105 Å². The number of benzene rings is 9. The molecule has 2 heterocycles. The van der Waals surface area contributed by atoms with Crippen molar-refractivity contribution in [1.82, 2.24) is 9.13 Å². The van der Waals surface area contributed by atoms with Crippen LogP contribution < -0.4 is 0 Å². The summed E-state index contributed by atoms with van der Waals surface area (Å²) in [5.74, 6) is 0. The van der Waals surface area contributed by atoms with Gasteiger partial charge in [0.05, 0.1) is 27.5 Å². The Hall–Kier alpha value is -7.42. The van der Waals surface area contributed by atoms with Gasteiger partial charge in [-0.25, -0.2) is 0 Å². The lowest BCUT2D eigenvalue weighted by atomic mass is 9.67. The van der Waals surface area contributed by atoms with Crippen molar-refractivity contribution in [2.75, 3.05) is 0 Å². The van der Waals surface area contributed by atoms with Crippen LogP contribution in [0.15, 0.2) is 206 Å². The first-order valence-corrected chi connectivity index (χ1v) is 21.1. The summed E-state index contributed by atoms with van der Waals surface area (Å²) in [5.41, 5.74) is 19.7. The van der Waals surface area contributed by atoms with Gasteiger partial charge in [-0.2, -0.15) is 0 Å². The van der Waals surface area contributed by atoms with E-state index in [0.717, 1.165) is 5.69 Å². The number of hydrogen-bond acceptors (Lipinski definition) is 0. The quantitative estimate of drug-likeness (QED) is 0.169. The maximum Gasteiger partial charge on any atom is 0.0714 e. The van der Waals surface area contributed by atoms with Gasteiger partial charge in [-0.05, 0) is 86.5 Å². The zero-order chi connectivity index (χ0) is 39.7. The molecule has 2 aromatic heterocycles. The number of para-hydroxylation sites is 3. The van der Waals surface area contributed by atoms with Crippen molar-refractivity contribution in [3.05, 3.63) is 240 Å². The molecule has 0 radical (unpaired) electrons. The number of rotatable bonds is 4. The molecule has 2 aliphatic carbocycles. The Balaban J connectivity index is 1.25. The first kappa shape index (κ1) is 33.5. The van der Waals surface area contributed by atoms with Crippen LogP contribution in [0.2, 0.25) is 0 Å². The van der Waals surface area contributed by atoms with Gasteiger partial charge in [-0.1, -0.05) is 184 Å². The van der Waals surface area contributed by atoms with Gasteiger partial charge in [0, 0.05) is 43.9 Å². The zero-order valence-electron chi connectivity index (χ0n) is 33.5. The average Bonchev–Trinajstić information content (AvgIpc) is 3.99. The van der Waals surface area contributed by atoms with Gasteiger partial charge < -0.3 is 9.13 Å². The van der Waals surface area contributed by atoms with Gasteiger partial charge >= 0.3 is 0 Å². The summed E-state index contributed by atoms with van der Waals surface area (Å²) >= 11 is 0. The summed E-state index contributed by atoms with van der Waals surface area (Å²) in [6.07, 6.45) is 0. The van der Waals surface area contributed by atoms with Gasteiger partial charge in [-0.15, -0.1) is 0 Å². The maximum absolute atomic E-state index is 2.61. The van der Waals surface area contributed by atoms with E-state index in [2.05, 4.69) is 229 Å². The highest BCUT2D eigenvalue weighted by atomic mass is 15.0. The normalized spacial score (nSPS) is 14.4. The van der Waals surface area contributed by atoms with Crippen molar-refractivity contribution in [3.63, 3.8) is 0 Å². The fourth-order valence-corrected chi connectivity index (χ4v) is 11.6. The van der Waals surface area contributed by atoms with Gasteiger partial charge in [0.2, 0.25) is 0 Å². The van der Waals surface area contributed by atoms with Crippen molar-refractivity contribution in [3.8, 4) is 33.6 Å². The molecule has 0 spiro atoms. The lowest BCUT2D eigenvalue weighted by molar-refractivity contribution is 0.667. The van der Waals surface area contributed by atoms with Crippen LogP contribution >= 0.6 is 0 Å². The second kappa shape index (κ2) is 12.1. The molecule has 60 heavy (non-hydrogen) atoms. The van der Waals surface area contributed by atoms with E-state index < -0.39 is 5.41 Å². The van der Waals surface area contributed by atoms with Gasteiger partial charge in [-0.3, -0.25) is 0 Å². The van der Waals surface area contributed by atoms with Crippen molar-refractivity contribution >= 4 is 43.6 Å². The van der Waals surface area contributed by atoms with Crippen molar-refractivity contribution < 1.29 is 0 Å². The molecule has 11 aromatic rings. The molecule has 0 unspecified atom stereocenters. The Morgan fingerprint density at radius 1 is 0.367 bits per heavy atom.